The van der Waals surface area contributed by atoms with Gasteiger partial charge in [0.2, 0.25) is 11.8 Å². The summed E-state index contributed by atoms with van der Waals surface area (Å²) in [6.45, 7) is 1.38. The monoisotopic (exact) mass is 435 g/mol. The van der Waals surface area contributed by atoms with E-state index < -0.39 is 0 Å². The Bertz CT molecular complexity index is 1020. The van der Waals surface area contributed by atoms with Crippen LogP contribution in [0.4, 0.5) is 0 Å². The Kier molecular flexibility index (Phi) is 5.31. The number of aromatic nitrogens is 1. The van der Waals surface area contributed by atoms with Crippen LogP contribution in [0.1, 0.15) is 11.4 Å². The largest absolute Gasteiger partial charge is 0.355 e. The number of nitrogens with one attached hydrogen (secondary N) is 2. The first-order chi connectivity index (χ1) is 15.2. The fourth-order valence-corrected chi connectivity index (χ4v) is 5.73. The van der Waals surface area contributed by atoms with Crippen molar-refractivity contribution in [3.8, 4) is 11.3 Å². The Morgan fingerprint density at radius 2 is 1.84 bits per heavy atom. The zero-order valence-corrected chi connectivity index (χ0v) is 18.1. The number of thiazole rings is 1. The van der Waals surface area contributed by atoms with Gasteiger partial charge in [0, 0.05) is 31.1 Å². The molecule has 3 aliphatic rings. The molecule has 1 saturated carbocycles. The van der Waals surface area contributed by atoms with Gasteiger partial charge in [-0.1, -0.05) is 42.5 Å². The van der Waals surface area contributed by atoms with Gasteiger partial charge >= 0.3 is 0 Å². The molecule has 1 aliphatic heterocycles. The summed E-state index contributed by atoms with van der Waals surface area (Å²) in [6.07, 6.45) is 5.19. The molecule has 160 valence electrons. The molecular weight excluding hydrogens is 410 g/mol. The van der Waals surface area contributed by atoms with Crippen molar-refractivity contribution in [3.05, 3.63) is 52.9 Å². The van der Waals surface area contributed by atoms with E-state index in [2.05, 4.69) is 32.8 Å². The Morgan fingerprint density at radius 1 is 1.13 bits per heavy atom. The van der Waals surface area contributed by atoms with E-state index in [4.69, 9.17) is 0 Å². The van der Waals surface area contributed by atoms with Gasteiger partial charge in [-0.15, -0.1) is 11.3 Å². The number of amides is 2. The molecule has 1 aromatic carbocycles. The first-order valence-corrected chi connectivity index (χ1v) is 11.5. The van der Waals surface area contributed by atoms with E-state index in [-0.39, 0.29) is 35.5 Å². The molecule has 2 amide bonds. The maximum Gasteiger partial charge on any atom is 0.233 e. The van der Waals surface area contributed by atoms with E-state index in [1.54, 1.807) is 18.4 Å². The van der Waals surface area contributed by atoms with Crippen LogP contribution in [0.5, 0.6) is 0 Å². The number of nitrogens with zero attached hydrogens (tertiary/aromatic N) is 3. The molecule has 4 unspecified atom stereocenters. The molecule has 2 aromatic rings. The van der Waals surface area contributed by atoms with Gasteiger partial charge in [0.1, 0.15) is 5.01 Å². The molecule has 2 N–H and O–H groups in total. The van der Waals surface area contributed by atoms with Crippen LogP contribution in [0.15, 0.2) is 52.9 Å². The third kappa shape index (κ3) is 3.65. The van der Waals surface area contributed by atoms with Gasteiger partial charge in [0.25, 0.3) is 0 Å². The molecule has 5 rings (SSSR count). The first-order valence-electron chi connectivity index (χ1n) is 10.6. The van der Waals surface area contributed by atoms with Gasteiger partial charge in [-0.25, -0.2) is 4.98 Å². The van der Waals surface area contributed by atoms with Crippen LogP contribution in [-0.4, -0.2) is 47.8 Å². The van der Waals surface area contributed by atoms with Crippen LogP contribution in [0.25, 0.3) is 11.3 Å². The van der Waals surface area contributed by atoms with Crippen molar-refractivity contribution in [3.63, 3.8) is 0 Å². The van der Waals surface area contributed by atoms with Crippen molar-refractivity contribution < 1.29 is 9.59 Å². The molecule has 4 atom stereocenters. The number of aliphatic imine (C=N–C) groups is 1. The van der Waals surface area contributed by atoms with E-state index in [0.717, 1.165) is 22.7 Å². The lowest BCUT2D eigenvalue weighted by Crippen LogP contribution is -2.43. The quantitative estimate of drug-likeness (QED) is 0.315. The standard InChI is InChI=1S/C23H25N5O2S/c1-24-23(26-12-18-27-17(13-31-18)14-5-3-2-4-6-14)25-9-10-28-21(29)19-15-7-8-16(11-15)20(19)22(28)30/h2-8,13,15-16,19-20H,9-12H2,1H3,(H2,24,25,26). The highest BCUT2D eigenvalue weighted by molar-refractivity contribution is 7.09. The highest BCUT2D eigenvalue weighted by atomic mass is 32.1. The third-order valence-corrected chi connectivity index (χ3v) is 7.29. The van der Waals surface area contributed by atoms with Crippen molar-refractivity contribution >= 4 is 29.1 Å². The fraction of sp³-hybridized carbons (Fsp3) is 0.391. The first kappa shape index (κ1) is 19.9. The van der Waals surface area contributed by atoms with Crippen molar-refractivity contribution in [2.24, 2.45) is 28.7 Å². The topological polar surface area (TPSA) is 86.7 Å². The van der Waals surface area contributed by atoms with Crippen LogP contribution < -0.4 is 10.6 Å². The molecule has 1 aromatic heterocycles. The fourth-order valence-electron chi connectivity index (χ4n) is 4.98. The number of guanidine groups is 1. The Labute approximate surface area is 185 Å². The smallest absolute Gasteiger partial charge is 0.233 e. The lowest BCUT2D eigenvalue weighted by Gasteiger charge is -2.18. The number of carbonyl (C=O) groups is 2. The van der Waals surface area contributed by atoms with E-state index in [9.17, 15) is 9.59 Å². The second kappa shape index (κ2) is 8.26. The van der Waals surface area contributed by atoms with E-state index in [1.807, 2.05) is 35.7 Å². The van der Waals surface area contributed by atoms with Crippen LogP contribution in [0.2, 0.25) is 0 Å². The number of carbonyl (C=O) groups excluding carboxylic acids is 2. The van der Waals surface area contributed by atoms with Gasteiger partial charge in [-0.05, 0) is 18.3 Å². The van der Waals surface area contributed by atoms with Crippen molar-refractivity contribution in [2.75, 3.05) is 20.1 Å². The highest BCUT2D eigenvalue weighted by Gasteiger charge is 2.58. The molecule has 1 saturated heterocycles. The molecule has 0 radical (unpaired) electrons. The second-order valence-corrected chi connectivity index (χ2v) is 9.12. The molecular formula is C23H25N5O2S. The minimum Gasteiger partial charge on any atom is -0.355 e. The average Bonchev–Trinajstić information content (AvgIpc) is 3.57. The minimum absolute atomic E-state index is 0.00665. The predicted octanol–water partition coefficient (Wildman–Crippen LogP) is 2.28. The SMILES string of the molecule is CN=C(NCCN1C(=O)C2C3C=CC(C3)C2C1=O)NCc1nc(-c2ccccc2)cs1. The van der Waals surface area contributed by atoms with Crippen LogP contribution in [0.3, 0.4) is 0 Å². The molecule has 7 nitrogen and oxygen atoms in total. The van der Waals surface area contributed by atoms with Crippen molar-refractivity contribution in [1.82, 2.24) is 20.5 Å². The molecule has 31 heavy (non-hydrogen) atoms. The lowest BCUT2D eigenvalue weighted by molar-refractivity contribution is -0.140. The van der Waals surface area contributed by atoms with Gasteiger partial charge in [-0.3, -0.25) is 19.5 Å². The maximum absolute atomic E-state index is 12.8. The summed E-state index contributed by atoms with van der Waals surface area (Å²) in [4.78, 5) is 35.9. The maximum atomic E-state index is 12.8. The summed E-state index contributed by atoms with van der Waals surface area (Å²) < 4.78 is 0. The number of benzene rings is 1. The predicted molar refractivity (Wildman–Crippen MR) is 120 cm³/mol. The third-order valence-electron chi connectivity index (χ3n) is 6.44. The molecule has 8 heteroatoms. The highest BCUT2D eigenvalue weighted by Crippen LogP contribution is 2.52. The van der Waals surface area contributed by atoms with Crippen LogP contribution >= 0.6 is 11.3 Å². The number of hydrogen-bond acceptors (Lipinski definition) is 5. The Balaban J connectivity index is 1.11. The van der Waals surface area contributed by atoms with E-state index in [1.165, 1.54) is 4.90 Å². The number of hydrogen-bond donors (Lipinski definition) is 2. The summed E-state index contributed by atoms with van der Waals surface area (Å²) in [6, 6.07) is 10.1. The molecule has 2 heterocycles. The second-order valence-electron chi connectivity index (χ2n) is 8.17. The molecule has 2 aliphatic carbocycles. The number of fused-ring (bicyclic) bond motifs is 5. The number of allylic oxidation sites excluding steroid dienone is 2. The van der Waals surface area contributed by atoms with E-state index >= 15 is 0 Å². The van der Waals surface area contributed by atoms with Gasteiger partial charge in [0.05, 0.1) is 24.1 Å². The normalized spacial score (nSPS) is 26.6. The van der Waals surface area contributed by atoms with Gasteiger partial charge < -0.3 is 10.6 Å². The summed E-state index contributed by atoms with van der Waals surface area (Å²) >= 11 is 1.60. The number of rotatable bonds is 6. The molecule has 2 bridgehead atoms. The van der Waals surface area contributed by atoms with Crippen molar-refractivity contribution in [1.29, 1.82) is 0 Å². The zero-order chi connectivity index (χ0) is 21.4. The Morgan fingerprint density at radius 3 is 2.52 bits per heavy atom. The summed E-state index contributed by atoms with van der Waals surface area (Å²) in [5.41, 5.74) is 2.06. The van der Waals surface area contributed by atoms with Gasteiger partial charge in [0.15, 0.2) is 5.96 Å². The van der Waals surface area contributed by atoms with Crippen LogP contribution in [0, 0.1) is 23.7 Å². The lowest BCUT2D eigenvalue weighted by atomic mass is 9.85. The number of imide groups is 1. The summed E-state index contributed by atoms with van der Waals surface area (Å²) in [7, 11) is 1.70. The van der Waals surface area contributed by atoms with Gasteiger partial charge in [-0.2, -0.15) is 0 Å². The zero-order valence-electron chi connectivity index (χ0n) is 17.3. The Hall–Kier alpha value is -3.00. The molecule has 2 fully saturated rings. The van der Waals surface area contributed by atoms with E-state index in [0.29, 0.717) is 25.6 Å². The van der Waals surface area contributed by atoms with Crippen molar-refractivity contribution in [2.45, 2.75) is 13.0 Å². The summed E-state index contributed by atoms with van der Waals surface area (Å²) in [5.74, 6) is 0.835. The van der Waals surface area contributed by atoms with Crippen LogP contribution in [-0.2, 0) is 16.1 Å². The average molecular weight is 436 g/mol. The molecule has 0 spiro atoms. The number of likely N-dealkylation sites (tertiary alicyclic amines) is 1. The minimum atomic E-state index is -0.136. The summed E-state index contributed by atoms with van der Waals surface area (Å²) in [5, 5.41) is 9.46.